The minimum atomic E-state index is -0.852. The van der Waals surface area contributed by atoms with Crippen LogP contribution in [0, 0.1) is 0 Å². The fraction of sp³-hybridized carbons (Fsp3) is 0.391. The van der Waals surface area contributed by atoms with Crippen molar-refractivity contribution in [1.29, 1.82) is 0 Å². The van der Waals surface area contributed by atoms with Crippen LogP contribution in [-0.2, 0) is 11.2 Å². The van der Waals surface area contributed by atoms with Crippen molar-refractivity contribution in [3.8, 4) is 5.75 Å². The van der Waals surface area contributed by atoms with E-state index in [0.29, 0.717) is 19.4 Å². The minimum absolute atomic E-state index is 0.0257. The van der Waals surface area contributed by atoms with Crippen molar-refractivity contribution >= 4 is 12.0 Å². The number of benzene rings is 2. The second kappa shape index (κ2) is 9.96. The zero-order chi connectivity index (χ0) is 20.6. The van der Waals surface area contributed by atoms with Crippen molar-refractivity contribution in [2.45, 2.75) is 44.2 Å². The number of methoxy groups -OCH3 is 1. The number of hydrogen-bond donors (Lipinski definition) is 2. The second-order valence-corrected chi connectivity index (χ2v) is 7.39. The van der Waals surface area contributed by atoms with Crippen LogP contribution in [0.3, 0.4) is 0 Å². The number of carboxylic acid groups (broad SMARTS) is 1. The highest BCUT2D eigenvalue weighted by atomic mass is 16.5. The number of ether oxygens (including phenoxy) is 1. The predicted molar refractivity (Wildman–Crippen MR) is 111 cm³/mol. The molecule has 2 unspecified atom stereocenters. The number of carboxylic acids is 1. The van der Waals surface area contributed by atoms with Gasteiger partial charge in [0.15, 0.2) is 0 Å². The van der Waals surface area contributed by atoms with Gasteiger partial charge in [0.05, 0.1) is 13.2 Å². The van der Waals surface area contributed by atoms with E-state index in [1.54, 1.807) is 7.11 Å². The Morgan fingerprint density at radius 3 is 2.55 bits per heavy atom. The zero-order valence-electron chi connectivity index (χ0n) is 16.7. The van der Waals surface area contributed by atoms with E-state index in [1.165, 1.54) is 0 Å². The number of rotatable bonds is 8. The fourth-order valence-electron chi connectivity index (χ4n) is 3.86. The summed E-state index contributed by atoms with van der Waals surface area (Å²) in [6.07, 6.45) is 2.90. The molecule has 0 radical (unpaired) electrons. The maximum atomic E-state index is 13.0. The fourth-order valence-corrected chi connectivity index (χ4v) is 3.86. The van der Waals surface area contributed by atoms with Gasteiger partial charge in [0.2, 0.25) is 0 Å². The standard InChI is InChI=1S/C23H28N2O4/c1-29-20-12-9-18(10-13-20)21-8-5-15-25(21)23(28)24-19(11-14-22(26)27)16-17-6-3-2-4-7-17/h2-4,6-7,9-10,12-13,19,21H,5,8,11,14-16H2,1H3,(H,24,28)(H,26,27). The van der Waals surface area contributed by atoms with Crippen LogP contribution in [-0.4, -0.2) is 41.7 Å². The third kappa shape index (κ3) is 5.73. The van der Waals surface area contributed by atoms with E-state index in [-0.39, 0.29) is 24.5 Å². The number of aliphatic carboxylic acids is 1. The number of nitrogens with zero attached hydrogens (tertiary/aromatic N) is 1. The Labute approximate surface area is 171 Å². The lowest BCUT2D eigenvalue weighted by atomic mass is 10.0. The summed E-state index contributed by atoms with van der Waals surface area (Å²) in [5.41, 5.74) is 2.17. The molecule has 6 nitrogen and oxygen atoms in total. The Kier molecular flexibility index (Phi) is 7.11. The summed E-state index contributed by atoms with van der Waals surface area (Å²) in [5.74, 6) is -0.0612. The third-order valence-electron chi connectivity index (χ3n) is 5.37. The van der Waals surface area contributed by atoms with Gasteiger partial charge in [0, 0.05) is 19.0 Å². The summed E-state index contributed by atoms with van der Waals surface area (Å²) in [4.78, 5) is 26.0. The van der Waals surface area contributed by atoms with Crippen molar-refractivity contribution < 1.29 is 19.4 Å². The number of carbonyl (C=O) groups is 2. The third-order valence-corrected chi connectivity index (χ3v) is 5.37. The molecule has 1 heterocycles. The molecule has 2 N–H and O–H groups in total. The molecule has 2 aromatic rings. The Bertz CT molecular complexity index is 807. The molecule has 2 atom stereocenters. The predicted octanol–water partition coefficient (Wildman–Crippen LogP) is 4.02. The Morgan fingerprint density at radius 2 is 1.90 bits per heavy atom. The van der Waals surface area contributed by atoms with Gasteiger partial charge in [0.25, 0.3) is 0 Å². The Morgan fingerprint density at radius 1 is 1.17 bits per heavy atom. The lowest BCUT2D eigenvalue weighted by Gasteiger charge is -2.28. The van der Waals surface area contributed by atoms with Crippen LogP contribution < -0.4 is 10.1 Å². The van der Waals surface area contributed by atoms with Gasteiger partial charge in [-0.25, -0.2) is 4.79 Å². The first kappa shape index (κ1) is 20.7. The van der Waals surface area contributed by atoms with E-state index in [9.17, 15) is 9.59 Å². The number of nitrogens with one attached hydrogen (secondary N) is 1. The topological polar surface area (TPSA) is 78.9 Å². The lowest BCUT2D eigenvalue weighted by Crippen LogP contribution is -2.45. The molecule has 0 aromatic heterocycles. The molecule has 154 valence electrons. The monoisotopic (exact) mass is 396 g/mol. The van der Waals surface area contributed by atoms with Crippen LogP contribution in [0.2, 0.25) is 0 Å². The Hall–Kier alpha value is -3.02. The van der Waals surface area contributed by atoms with E-state index in [2.05, 4.69) is 5.32 Å². The van der Waals surface area contributed by atoms with Crippen LogP contribution in [0.25, 0.3) is 0 Å². The first-order valence-electron chi connectivity index (χ1n) is 10.0. The van der Waals surface area contributed by atoms with Crippen LogP contribution in [0.4, 0.5) is 4.79 Å². The number of likely N-dealkylation sites (tertiary alicyclic amines) is 1. The quantitative estimate of drug-likeness (QED) is 0.706. The molecule has 1 aliphatic heterocycles. The van der Waals surface area contributed by atoms with Crippen molar-refractivity contribution in [3.05, 3.63) is 65.7 Å². The molecule has 0 bridgehead atoms. The van der Waals surface area contributed by atoms with Crippen molar-refractivity contribution in [3.63, 3.8) is 0 Å². The highest BCUT2D eigenvalue weighted by Crippen LogP contribution is 2.32. The van der Waals surface area contributed by atoms with Gasteiger partial charge in [-0.15, -0.1) is 0 Å². The highest BCUT2D eigenvalue weighted by molar-refractivity contribution is 5.75. The molecule has 3 rings (SSSR count). The van der Waals surface area contributed by atoms with Crippen molar-refractivity contribution in [1.82, 2.24) is 10.2 Å². The van der Waals surface area contributed by atoms with Gasteiger partial charge in [-0.3, -0.25) is 4.79 Å². The van der Waals surface area contributed by atoms with Gasteiger partial charge in [-0.1, -0.05) is 42.5 Å². The van der Waals surface area contributed by atoms with Crippen molar-refractivity contribution in [2.24, 2.45) is 0 Å². The van der Waals surface area contributed by atoms with Crippen LogP contribution in [0.1, 0.15) is 42.9 Å². The largest absolute Gasteiger partial charge is 0.497 e. The number of amides is 2. The molecule has 1 aliphatic rings. The summed E-state index contributed by atoms with van der Waals surface area (Å²) in [7, 11) is 1.63. The lowest BCUT2D eigenvalue weighted by molar-refractivity contribution is -0.137. The molecular formula is C23H28N2O4. The maximum Gasteiger partial charge on any atom is 0.318 e. The van der Waals surface area contributed by atoms with Crippen LogP contribution >= 0.6 is 0 Å². The summed E-state index contributed by atoms with van der Waals surface area (Å²) >= 11 is 0. The first-order valence-corrected chi connectivity index (χ1v) is 10.0. The molecule has 2 aromatic carbocycles. The summed E-state index contributed by atoms with van der Waals surface area (Å²) in [6.45, 7) is 0.694. The van der Waals surface area contributed by atoms with E-state index in [0.717, 1.165) is 29.7 Å². The number of urea groups is 1. The smallest absolute Gasteiger partial charge is 0.318 e. The molecule has 1 fully saturated rings. The minimum Gasteiger partial charge on any atom is -0.497 e. The first-order chi connectivity index (χ1) is 14.1. The molecule has 0 saturated carbocycles. The molecular weight excluding hydrogens is 368 g/mol. The average molecular weight is 396 g/mol. The summed E-state index contributed by atoms with van der Waals surface area (Å²) in [5, 5.41) is 12.2. The van der Waals surface area contributed by atoms with E-state index >= 15 is 0 Å². The summed E-state index contributed by atoms with van der Waals surface area (Å²) < 4.78 is 5.22. The number of hydrogen-bond acceptors (Lipinski definition) is 3. The van der Waals surface area contributed by atoms with E-state index < -0.39 is 5.97 Å². The molecule has 0 spiro atoms. The SMILES string of the molecule is COc1ccc(C2CCCN2C(=O)NC(CCC(=O)O)Cc2ccccc2)cc1. The van der Waals surface area contributed by atoms with Gasteiger partial charge in [0.1, 0.15) is 5.75 Å². The van der Waals surface area contributed by atoms with Gasteiger partial charge >= 0.3 is 12.0 Å². The molecule has 1 saturated heterocycles. The maximum absolute atomic E-state index is 13.0. The zero-order valence-corrected chi connectivity index (χ0v) is 16.7. The van der Waals surface area contributed by atoms with Crippen molar-refractivity contribution in [2.75, 3.05) is 13.7 Å². The van der Waals surface area contributed by atoms with Gasteiger partial charge < -0.3 is 20.1 Å². The van der Waals surface area contributed by atoms with Crippen LogP contribution in [0.15, 0.2) is 54.6 Å². The number of carbonyl (C=O) groups excluding carboxylic acids is 1. The highest BCUT2D eigenvalue weighted by Gasteiger charge is 2.31. The normalized spacial score (nSPS) is 17.0. The van der Waals surface area contributed by atoms with E-state index in [1.807, 2.05) is 59.5 Å². The molecule has 0 aliphatic carbocycles. The molecule has 2 amide bonds. The van der Waals surface area contributed by atoms with Gasteiger partial charge in [-0.2, -0.15) is 0 Å². The molecule has 29 heavy (non-hydrogen) atoms. The average Bonchev–Trinajstić information content (AvgIpc) is 3.23. The Balaban J connectivity index is 1.68. The van der Waals surface area contributed by atoms with Crippen LogP contribution in [0.5, 0.6) is 5.75 Å². The van der Waals surface area contributed by atoms with Gasteiger partial charge in [-0.05, 0) is 48.9 Å². The second-order valence-electron chi connectivity index (χ2n) is 7.39. The van der Waals surface area contributed by atoms with E-state index in [4.69, 9.17) is 9.84 Å². The summed E-state index contributed by atoms with van der Waals surface area (Å²) in [6, 6.07) is 17.3. The molecule has 6 heteroatoms.